The van der Waals surface area contributed by atoms with Crippen molar-refractivity contribution in [2.45, 2.75) is 30.7 Å². The van der Waals surface area contributed by atoms with E-state index in [1.54, 1.807) is 16.4 Å². The highest BCUT2D eigenvalue weighted by Gasteiger charge is 2.28. The molecule has 7 heteroatoms. The number of rotatable bonds is 5. The van der Waals surface area contributed by atoms with E-state index in [-0.39, 0.29) is 5.91 Å². The lowest BCUT2D eigenvalue weighted by atomic mass is 10.1. The number of amides is 1. The van der Waals surface area contributed by atoms with E-state index < -0.39 is 10.0 Å². The number of piperazine rings is 1. The molecule has 0 bridgehead atoms. The van der Waals surface area contributed by atoms with Crippen LogP contribution in [0.3, 0.4) is 0 Å². The molecule has 2 heterocycles. The van der Waals surface area contributed by atoms with Crippen LogP contribution in [0, 0.1) is 0 Å². The summed E-state index contributed by atoms with van der Waals surface area (Å²) in [6.07, 6.45) is 3.36. The van der Waals surface area contributed by atoms with Gasteiger partial charge in [-0.05, 0) is 59.9 Å². The highest BCUT2D eigenvalue weighted by molar-refractivity contribution is 7.89. The van der Waals surface area contributed by atoms with Crippen LogP contribution in [0.25, 0.3) is 10.8 Å². The molecule has 0 aromatic heterocycles. The number of benzene rings is 3. The molecule has 0 atom stereocenters. The fourth-order valence-electron chi connectivity index (χ4n) is 4.95. The Hall–Kier alpha value is -2.74. The van der Waals surface area contributed by atoms with Crippen molar-refractivity contribution in [1.82, 2.24) is 14.1 Å². The summed E-state index contributed by atoms with van der Waals surface area (Å²) in [5.41, 5.74) is 1.84. The van der Waals surface area contributed by atoms with Crippen LogP contribution in [0.15, 0.2) is 71.6 Å². The highest BCUT2D eigenvalue weighted by atomic mass is 32.2. The summed E-state index contributed by atoms with van der Waals surface area (Å²) in [7, 11) is -3.52. The van der Waals surface area contributed by atoms with Crippen molar-refractivity contribution in [3.8, 4) is 0 Å². The second-order valence-corrected chi connectivity index (χ2v) is 11.2. The van der Waals surface area contributed by atoms with Gasteiger partial charge in [-0.3, -0.25) is 9.69 Å². The van der Waals surface area contributed by atoms with E-state index in [1.807, 2.05) is 59.5 Å². The molecular formula is C27H31N3O3S. The van der Waals surface area contributed by atoms with Crippen LogP contribution >= 0.6 is 0 Å². The number of fused-ring (bicyclic) bond motifs is 1. The van der Waals surface area contributed by atoms with Crippen LogP contribution in [0.1, 0.15) is 35.2 Å². The Morgan fingerprint density at radius 3 is 2.24 bits per heavy atom. The fourth-order valence-corrected chi connectivity index (χ4v) is 6.40. The van der Waals surface area contributed by atoms with Gasteiger partial charge in [-0.25, -0.2) is 8.42 Å². The maximum Gasteiger partial charge on any atom is 0.253 e. The molecule has 0 unspecified atom stereocenters. The second kappa shape index (κ2) is 9.86. The second-order valence-electron chi connectivity index (χ2n) is 9.24. The highest BCUT2D eigenvalue weighted by Crippen LogP contribution is 2.23. The van der Waals surface area contributed by atoms with Gasteiger partial charge in [0.25, 0.3) is 5.91 Å². The number of carbonyl (C=O) groups is 1. The van der Waals surface area contributed by atoms with Crippen molar-refractivity contribution in [3.05, 3.63) is 77.9 Å². The van der Waals surface area contributed by atoms with Crippen molar-refractivity contribution < 1.29 is 13.2 Å². The fraction of sp³-hybridized carbons (Fsp3) is 0.370. The molecule has 2 saturated heterocycles. The molecule has 178 valence electrons. The van der Waals surface area contributed by atoms with Crippen LogP contribution < -0.4 is 0 Å². The third-order valence-corrected chi connectivity index (χ3v) is 8.81. The molecule has 0 saturated carbocycles. The first-order valence-electron chi connectivity index (χ1n) is 12.1. The summed E-state index contributed by atoms with van der Waals surface area (Å²) in [5.74, 6) is 0.118. The van der Waals surface area contributed by atoms with Crippen LogP contribution in [0.4, 0.5) is 0 Å². The van der Waals surface area contributed by atoms with E-state index in [2.05, 4.69) is 4.90 Å². The van der Waals surface area contributed by atoms with Crippen molar-refractivity contribution in [1.29, 1.82) is 0 Å². The SMILES string of the molecule is O=C(c1cccc(CN2CCN(S(=O)(=O)c3ccc4ccccc4c3)CC2)c1)N1CCCCC1. The lowest BCUT2D eigenvalue weighted by molar-refractivity contribution is 0.0724. The van der Waals surface area contributed by atoms with Crippen LogP contribution in [-0.2, 0) is 16.6 Å². The Bertz CT molecular complexity index is 1280. The normalized spacial score (nSPS) is 18.3. The minimum atomic E-state index is -3.52. The standard InChI is InChI=1S/C27H31N3O3S/c31-27(29-13-4-1-5-14-29)25-10-6-7-22(19-25)21-28-15-17-30(18-16-28)34(32,33)26-12-11-23-8-2-3-9-24(23)20-26/h2-3,6-12,19-20H,1,4-5,13-18,21H2. The predicted octanol–water partition coefficient (Wildman–Crippen LogP) is 3.97. The van der Waals surface area contributed by atoms with Crippen molar-refractivity contribution in [3.63, 3.8) is 0 Å². The van der Waals surface area contributed by atoms with Gasteiger partial charge < -0.3 is 4.90 Å². The summed E-state index contributed by atoms with van der Waals surface area (Å²) < 4.78 is 28.0. The zero-order chi connectivity index (χ0) is 23.5. The molecule has 3 aromatic carbocycles. The van der Waals surface area contributed by atoms with E-state index >= 15 is 0 Å². The smallest absolute Gasteiger partial charge is 0.253 e. The van der Waals surface area contributed by atoms with Gasteiger partial charge in [0, 0.05) is 51.4 Å². The Morgan fingerprint density at radius 2 is 1.47 bits per heavy atom. The Kier molecular flexibility index (Phi) is 6.68. The van der Waals surface area contributed by atoms with Crippen LogP contribution in [0.5, 0.6) is 0 Å². The minimum absolute atomic E-state index is 0.118. The molecule has 0 spiro atoms. The molecule has 3 aromatic rings. The Balaban J connectivity index is 1.22. The Labute approximate surface area is 201 Å². The van der Waals surface area contributed by atoms with E-state index in [0.717, 1.165) is 47.8 Å². The molecule has 2 aliphatic rings. The Morgan fingerprint density at radius 1 is 0.735 bits per heavy atom. The molecular weight excluding hydrogens is 446 g/mol. The molecule has 1 amide bonds. The predicted molar refractivity (Wildman–Crippen MR) is 134 cm³/mol. The van der Waals surface area contributed by atoms with E-state index in [4.69, 9.17) is 0 Å². The number of sulfonamides is 1. The van der Waals surface area contributed by atoms with Crippen molar-refractivity contribution >= 4 is 26.7 Å². The average Bonchev–Trinajstić information content (AvgIpc) is 2.89. The van der Waals surface area contributed by atoms with Gasteiger partial charge in [-0.2, -0.15) is 4.31 Å². The zero-order valence-electron chi connectivity index (χ0n) is 19.4. The van der Waals surface area contributed by atoms with Crippen LogP contribution in [0.2, 0.25) is 0 Å². The number of carbonyl (C=O) groups excluding carboxylic acids is 1. The minimum Gasteiger partial charge on any atom is -0.339 e. The third kappa shape index (κ3) is 4.87. The number of piperidine rings is 1. The summed E-state index contributed by atoms with van der Waals surface area (Å²) in [6, 6.07) is 21.0. The molecule has 0 radical (unpaired) electrons. The number of hydrogen-bond donors (Lipinski definition) is 0. The number of likely N-dealkylation sites (tertiary alicyclic amines) is 1. The lowest BCUT2D eigenvalue weighted by Crippen LogP contribution is -2.48. The van der Waals surface area contributed by atoms with E-state index in [1.165, 1.54) is 6.42 Å². The van der Waals surface area contributed by atoms with Crippen LogP contribution in [-0.4, -0.2) is 67.7 Å². The molecule has 34 heavy (non-hydrogen) atoms. The maximum atomic E-state index is 13.2. The molecule has 0 aliphatic carbocycles. The molecule has 2 fully saturated rings. The van der Waals surface area contributed by atoms with Gasteiger partial charge in [0.15, 0.2) is 0 Å². The first-order valence-corrected chi connectivity index (χ1v) is 13.5. The third-order valence-electron chi connectivity index (χ3n) is 6.91. The number of hydrogen-bond acceptors (Lipinski definition) is 4. The van der Waals surface area contributed by atoms with Crippen molar-refractivity contribution in [2.75, 3.05) is 39.3 Å². The summed E-state index contributed by atoms with van der Waals surface area (Å²) in [4.78, 5) is 17.4. The lowest BCUT2D eigenvalue weighted by Gasteiger charge is -2.34. The topological polar surface area (TPSA) is 60.9 Å². The summed E-state index contributed by atoms with van der Waals surface area (Å²) >= 11 is 0. The molecule has 5 rings (SSSR count). The average molecular weight is 478 g/mol. The maximum absolute atomic E-state index is 13.2. The summed E-state index contributed by atoms with van der Waals surface area (Å²) in [5, 5.41) is 1.97. The first kappa shape index (κ1) is 23.0. The van der Waals surface area contributed by atoms with Gasteiger partial charge in [-0.15, -0.1) is 0 Å². The van der Waals surface area contributed by atoms with E-state index in [0.29, 0.717) is 37.6 Å². The number of nitrogens with zero attached hydrogens (tertiary/aromatic N) is 3. The van der Waals surface area contributed by atoms with Gasteiger partial charge >= 0.3 is 0 Å². The molecule has 6 nitrogen and oxygen atoms in total. The van der Waals surface area contributed by atoms with Crippen molar-refractivity contribution in [2.24, 2.45) is 0 Å². The van der Waals surface area contributed by atoms with Gasteiger partial charge in [0.05, 0.1) is 4.90 Å². The van der Waals surface area contributed by atoms with Gasteiger partial charge in [0.1, 0.15) is 0 Å². The first-order chi connectivity index (χ1) is 16.5. The molecule has 2 aliphatic heterocycles. The van der Waals surface area contributed by atoms with E-state index in [9.17, 15) is 13.2 Å². The summed E-state index contributed by atoms with van der Waals surface area (Å²) in [6.45, 7) is 4.65. The van der Waals surface area contributed by atoms with Gasteiger partial charge in [0.2, 0.25) is 10.0 Å². The largest absolute Gasteiger partial charge is 0.339 e. The zero-order valence-corrected chi connectivity index (χ0v) is 20.2. The van der Waals surface area contributed by atoms with Gasteiger partial charge in [-0.1, -0.05) is 42.5 Å². The molecule has 0 N–H and O–H groups in total. The quantitative estimate of drug-likeness (QED) is 0.558. The monoisotopic (exact) mass is 477 g/mol.